The first-order chi connectivity index (χ1) is 25.4. The molecule has 6 nitrogen and oxygen atoms in total. The second kappa shape index (κ2) is 19.8. The smallest absolute Gasteiger partial charge is 0.119 e. The van der Waals surface area contributed by atoms with Crippen LogP contribution in [-0.4, -0.2) is 13.2 Å². The van der Waals surface area contributed by atoms with Gasteiger partial charge in [-0.25, -0.2) is 0 Å². The zero-order chi connectivity index (χ0) is 36.3. The molecule has 6 heteroatoms. The molecule has 0 spiro atoms. The fourth-order valence-corrected chi connectivity index (χ4v) is 6.29. The van der Waals surface area contributed by atoms with Crippen LogP contribution in [0.2, 0.25) is 0 Å². The number of hydrogen-bond acceptors (Lipinski definition) is 4. The van der Waals surface area contributed by atoms with Gasteiger partial charge in [-0.2, -0.15) is 0 Å². The minimum absolute atomic E-state index is 0. The molecule has 0 aliphatic carbocycles. The van der Waals surface area contributed by atoms with Gasteiger partial charge in [0.2, 0.25) is 0 Å². The highest BCUT2D eigenvalue weighted by molar-refractivity contribution is 5.81. The molecule has 0 fully saturated rings. The number of ether oxygens (including phenoxy) is 1. The summed E-state index contributed by atoms with van der Waals surface area (Å²) in [6, 6.07) is 52.2. The molecule has 0 aliphatic heterocycles. The molecule has 1 atom stereocenters. The van der Waals surface area contributed by atoms with Gasteiger partial charge < -0.3 is 14.5 Å². The lowest BCUT2D eigenvalue weighted by Crippen LogP contribution is -2.10. The van der Waals surface area contributed by atoms with Crippen molar-refractivity contribution >= 4 is 34.1 Å². The summed E-state index contributed by atoms with van der Waals surface area (Å²) in [6.07, 6.45) is 2.77. The Bertz CT molecular complexity index is 2050. The van der Waals surface area contributed by atoms with Gasteiger partial charge >= 0.3 is 0 Å². The Morgan fingerprint density at radius 1 is 0.556 bits per heavy atom. The average molecular weight is 718 g/mol. The number of nitrogens with zero attached hydrogens (tertiary/aromatic N) is 5. The van der Waals surface area contributed by atoms with E-state index in [4.69, 9.17) is 10.3 Å². The standard InChI is InChI=1S/C46H47N5O.2CH4/c1-5-36(4)37-12-22-42(23-13-37)50(40-18-8-34(2)9-19-40)43-24-14-38(15-25-43)39-16-26-44(27-17-39)51(41-20-10-35(3)11-21-41)45-28-30-46(31-29-45)52-33-7-6-32-48-49-47;;/h8-31,36H,5-7,32-33H2,1-4H3;2*1H4. The monoisotopic (exact) mass is 717 g/mol. The maximum atomic E-state index is 8.46. The van der Waals surface area contributed by atoms with Gasteiger partial charge in [-0.1, -0.05) is 106 Å². The summed E-state index contributed by atoms with van der Waals surface area (Å²) in [7, 11) is 0. The Kier molecular flexibility index (Phi) is 14.9. The van der Waals surface area contributed by atoms with E-state index in [0.29, 0.717) is 19.1 Å². The molecule has 0 saturated carbocycles. The van der Waals surface area contributed by atoms with Crippen LogP contribution in [0.1, 0.15) is 70.6 Å². The van der Waals surface area contributed by atoms with E-state index >= 15 is 0 Å². The summed E-state index contributed by atoms with van der Waals surface area (Å²) in [5.74, 6) is 1.36. The van der Waals surface area contributed by atoms with E-state index in [1.54, 1.807) is 0 Å². The van der Waals surface area contributed by atoms with Gasteiger partial charge in [0.1, 0.15) is 5.75 Å². The van der Waals surface area contributed by atoms with Gasteiger partial charge in [0.05, 0.1) is 6.61 Å². The van der Waals surface area contributed by atoms with Crippen molar-refractivity contribution in [3.8, 4) is 16.9 Å². The van der Waals surface area contributed by atoms with Crippen molar-refractivity contribution in [2.45, 2.75) is 67.7 Å². The summed E-state index contributed by atoms with van der Waals surface area (Å²) in [5, 5.41) is 3.59. The van der Waals surface area contributed by atoms with E-state index in [1.807, 2.05) is 12.1 Å². The topological polar surface area (TPSA) is 64.5 Å². The maximum absolute atomic E-state index is 8.46. The highest BCUT2D eigenvalue weighted by Gasteiger charge is 2.16. The molecule has 0 saturated heterocycles. The Hall–Kier alpha value is -5.97. The molecule has 1 unspecified atom stereocenters. The molecule has 6 aromatic carbocycles. The highest BCUT2D eigenvalue weighted by atomic mass is 16.5. The van der Waals surface area contributed by atoms with Crippen molar-refractivity contribution in [2.75, 3.05) is 23.0 Å². The number of hydrogen-bond donors (Lipinski definition) is 0. The summed E-state index contributed by atoms with van der Waals surface area (Å²) in [6.45, 7) is 9.84. The lowest BCUT2D eigenvalue weighted by atomic mass is 9.98. The van der Waals surface area contributed by atoms with E-state index in [9.17, 15) is 0 Å². The number of rotatable bonds is 15. The number of benzene rings is 6. The first-order valence-electron chi connectivity index (χ1n) is 18.2. The van der Waals surface area contributed by atoms with Gasteiger partial charge in [0.25, 0.3) is 0 Å². The minimum atomic E-state index is 0. The number of aryl methyl sites for hydroxylation is 2. The van der Waals surface area contributed by atoms with Gasteiger partial charge in [0, 0.05) is 45.6 Å². The van der Waals surface area contributed by atoms with Crippen LogP contribution in [-0.2, 0) is 0 Å². The van der Waals surface area contributed by atoms with E-state index in [-0.39, 0.29) is 14.9 Å². The Labute approximate surface area is 323 Å². The molecule has 0 heterocycles. The summed E-state index contributed by atoms with van der Waals surface area (Å²) in [5.41, 5.74) is 21.2. The number of anilines is 6. The van der Waals surface area contributed by atoms with E-state index < -0.39 is 0 Å². The van der Waals surface area contributed by atoms with Gasteiger partial charge in [-0.3, -0.25) is 0 Å². The second-order valence-corrected chi connectivity index (χ2v) is 13.3. The second-order valence-electron chi connectivity index (χ2n) is 13.3. The Balaban J connectivity index is 0.00000325. The quantitative estimate of drug-likeness (QED) is 0.0460. The van der Waals surface area contributed by atoms with Crippen LogP contribution < -0.4 is 14.5 Å². The molecule has 278 valence electrons. The Morgan fingerprint density at radius 3 is 1.31 bits per heavy atom. The van der Waals surface area contributed by atoms with Crippen LogP contribution >= 0.6 is 0 Å². The van der Waals surface area contributed by atoms with Crippen LogP contribution in [0.25, 0.3) is 21.6 Å². The largest absolute Gasteiger partial charge is 0.494 e. The third-order valence-electron chi connectivity index (χ3n) is 9.58. The van der Waals surface area contributed by atoms with Crippen LogP contribution in [0.4, 0.5) is 34.1 Å². The third kappa shape index (κ3) is 10.1. The molecule has 0 amide bonds. The minimum Gasteiger partial charge on any atom is -0.494 e. The van der Waals surface area contributed by atoms with Crippen LogP contribution in [0.3, 0.4) is 0 Å². The molecule has 0 radical (unpaired) electrons. The lowest BCUT2D eigenvalue weighted by molar-refractivity contribution is 0.308. The molecule has 6 rings (SSSR count). The summed E-state index contributed by atoms with van der Waals surface area (Å²) >= 11 is 0. The van der Waals surface area contributed by atoms with Gasteiger partial charge in [-0.05, 0) is 146 Å². The predicted molar refractivity (Wildman–Crippen MR) is 232 cm³/mol. The molecule has 0 aromatic heterocycles. The van der Waals surface area contributed by atoms with E-state index in [2.05, 4.69) is 181 Å². The zero-order valence-corrected chi connectivity index (χ0v) is 30.6. The van der Waals surface area contributed by atoms with Crippen molar-refractivity contribution in [3.05, 3.63) is 173 Å². The van der Waals surface area contributed by atoms with Crippen molar-refractivity contribution in [2.24, 2.45) is 5.11 Å². The predicted octanol–water partition coefficient (Wildman–Crippen LogP) is 15.2. The summed E-state index contributed by atoms with van der Waals surface area (Å²) in [4.78, 5) is 7.40. The molecule has 0 aliphatic rings. The fourth-order valence-electron chi connectivity index (χ4n) is 6.29. The first kappa shape index (κ1) is 40.8. The molecule has 54 heavy (non-hydrogen) atoms. The fraction of sp³-hybridized carbons (Fsp3) is 0.250. The molecule has 6 aromatic rings. The zero-order valence-electron chi connectivity index (χ0n) is 30.6. The number of azide groups is 1. The lowest BCUT2D eigenvalue weighted by Gasteiger charge is -2.27. The average Bonchev–Trinajstić information content (AvgIpc) is 3.19. The molecule has 0 bridgehead atoms. The maximum Gasteiger partial charge on any atom is 0.119 e. The third-order valence-corrected chi connectivity index (χ3v) is 9.58. The highest BCUT2D eigenvalue weighted by Crippen LogP contribution is 2.39. The Morgan fingerprint density at radius 2 is 0.926 bits per heavy atom. The van der Waals surface area contributed by atoms with Crippen LogP contribution in [0, 0.1) is 13.8 Å². The molecule has 0 N–H and O–H groups in total. The first-order valence-corrected chi connectivity index (χ1v) is 18.2. The van der Waals surface area contributed by atoms with Crippen molar-refractivity contribution in [1.82, 2.24) is 0 Å². The molecular weight excluding hydrogens is 663 g/mol. The van der Waals surface area contributed by atoms with Crippen molar-refractivity contribution < 1.29 is 4.74 Å². The number of unbranched alkanes of at least 4 members (excludes halogenated alkanes) is 1. The SMILES string of the molecule is C.C.CCC(C)c1ccc(N(c2ccc(C)cc2)c2ccc(-c3ccc(N(c4ccc(C)cc4)c4ccc(OCCCCN=[N+]=[N-])cc4)cc3)cc2)cc1. The van der Waals surface area contributed by atoms with Crippen LogP contribution in [0.5, 0.6) is 5.75 Å². The molecular formula is C48H55N5O. The van der Waals surface area contributed by atoms with E-state index in [0.717, 1.165) is 70.3 Å². The van der Waals surface area contributed by atoms with E-state index in [1.165, 1.54) is 16.7 Å². The van der Waals surface area contributed by atoms with Crippen LogP contribution in [0.15, 0.2) is 151 Å². The summed E-state index contributed by atoms with van der Waals surface area (Å²) < 4.78 is 5.95. The normalized spacial score (nSPS) is 11.0. The van der Waals surface area contributed by atoms with Crippen molar-refractivity contribution in [1.29, 1.82) is 0 Å². The van der Waals surface area contributed by atoms with Gasteiger partial charge in [0.15, 0.2) is 0 Å². The van der Waals surface area contributed by atoms with Gasteiger partial charge in [-0.15, -0.1) is 0 Å². The van der Waals surface area contributed by atoms with Crippen molar-refractivity contribution in [3.63, 3.8) is 0 Å².